The van der Waals surface area contributed by atoms with E-state index in [1.807, 2.05) is 0 Å². The lowest BCUT2D eigenvalue weighted by atomic mass is 9.87. The van der Waals surface area contributed by atoms with Crippen molar-refractivity contribution in [2.45, 2.75) is 52.4 Å². The van der Waals surface area contributed by atoms with Crippen molar-refractivity contribution in [3.63, 3.8) is 0 Å². The van der Waals surface area contributed by atoms with Gasteiger partial charge in [0.15, 0.2) is 0 Å². The van der Waals surface area contributed by atoms with E-state index in [4.69, 9.17) is 5.73 Å². The number of nitrogens with zero attached hydrogens (tertiary/aromatic N) is 1. The number of nitrogens with two attached hydrogens (primary N) is 1. The minimum absolute atomic E-state index is 0.404. The Morgan fingerprint density at radius 1 is 1.29 bits per heavy atom. The summed E-state index contributed by atoms with van der Waals surface area (Å²) < 4.78 is 0. The van der Waals surface area contributed by atoms with Crippen molar-refractivity contribution < 1.29 is 0 Å². The Balaban J connectivity index is 2.16. The third-order valence-electron chi connectivity index (χ3n) is 3.15. The van der Waals surface area contributed by atoms with Crippen LogP contribution in [0.15, 0.2) is 4.99 Å². The first-order chi connectivity index (χ1) is 6.70. The molecule has 0 aromatic rings. The van der Waals surface area contributed by atoms with Crippen molar-refractivity contribution in [2.75, 3.05) is 6.54 Å². The van der Waals surface area contributed by atoms with Crippen molar-refractivity contribution in [2.24, 2.45) is 22.6 Å². The van der Waals surface area contributed by atoms with Gasteiger partial charge >= 0.3 is 0 Å². The molecule has 1 aliphatic rings. The number of amidine groups is 1. The maximum absolute atomic E-state index is 5.78. The fraction of sp³-hybridized carbons (Fsp3) is 0.917. The van der Waals surface area contributed by atoms with Gasteiger partial charge in [-0.3, -0.25) is 4.99 Å². The molecule has 2 heteroatoms. The molecule has 1 aliphatic carbocycles. The van der Waals surface area contributed by atoms with Crippen LogP contribution in [0, 0.1) is 11.8 Å². The molecule has 0 heterocycles. The van der Waals surface area contributed by atoms with Gasteiger partial charge in [-0.1, -0.05) is 46.0 Å². The molecule has 0 amide bonds. The summed E-state index contributed by atoms with van der Waals surface area (Å²) in [5.41, 5.74) is 5.78. The second-order valence-corrected chi connectivity index (χ2v) is 4.75. The average Bonchev–Trinajstić information content (AvgIpc) is 2.19. The molecule has 0 radical (unpaired) electrons. The molecule has 0 spiro atoms. The van der Waals surface area contributed by atoms with Gasteiger partial charge in [-0.15, -0.1) is 0 Å². The molecule has 82 valence electrons. The molecule has 0 aromatic heterocycles. The topological polar surface area (TPSA) is 38.4 Å². The molecular formula is C12H24N2. The Morgan fingerprint density at radius 3 is 2.50 bits per heavy atom. The van der Waals surface area contributed by atoms with Crippen LogP contribution in [0.25, 0.3) is 0 Å². The van der Waals surface area contributed by atoms with Crippen LogP contribution in [0.4, 0.5) is 0 Å². The summed E-state index contributed by atoms with van der Waals surface area (Å²) in [6.45, 7) is 5.13. The molecule has 0 atom stereocenters. The van der Waals surface area contributed by atoms with E-state index >= 15 is 0 Å². The van der Waals surface area contributed by atoms with Gasteiger partial charge in [0.1, 0.15) is 0 Å². The van der Waals surface area contributed by atoms with Crippen molar-refractivity contribution in [3.05, 3.63) is 0 Å². The fourth-order valence-corrected chi connectivity index (χ4v) is 2.03. The van der Waals surface area contributed by atoms with Crippen LogP contribution in [-0.2, 0) is 0 Å². The molecule has 1 saturated carbocycles. The van der Waals surface area contributed by atoms with Gasteiger partial charge in [-0.05, 0) is 12.3 Å². The van der Waals surface area contributed by atoms with Crippen LogP contribution < -0.4 is 5.73 Å². The monoisotopic (exact) mass is 196 g/mol. The van der Waals surface area contributed by atoms with Crippen molar-refractivity contribution in [3.8, 4) is 0 Å². The van der Waals surface area contributed by atoms with Gasteiger partial charge < -0.3 is 5.73 Å². The van der Waals surface area contributed by atoms with Gasteiger partial charge in [-0.25, -0.2) is 0 Å². The Kier molecular flexibility index (Phi) is 4.99. The summed E-state index contributed by atoms with van der Waals surface area (Å²) in [6.07, 6.45) is 8.36. The first kappa shape index (κ1) is 11.5. The van der Waals surface area contributed by atoms with Gasteiger partial charge in [-0.2, -0.15) is 0 Å². The lowest BCUT2D eigenvalue weighted by molar-refractivity contribution is 0.343. The van der Waals surface area contributed by atoms with E-state index in [9.17, 15) is 0 Å². The standard InChI is InChI=1S/C12H24N2/c1-10(2)12(13)14-9-8-11-6-4-3-5-7-11/h10-11H,3-9H2,1-2H3,(H2,13,14). The number of hydrogen-bond donors (Lipinski definition) is 1. The van der Waals surface area contributed by atoms with Crippen LogP contribution in [0.1, 0.15) is 52.4 Å². The van der Waals surface area contributed by atoms with Crippen LogP contribution in [0.2, 0.25) is 0 Å². The molecule has 0 aromatic carbocycles. The van der Waals surface area contributed by atoms with E-state index in [0.29, 0.717) is 5.92 Å². The van der Waals surface area contributed by atoms with Crippen LogP contribution in [0.5, 0.6) is 0 Å². The lowest BCUT2D eigenvalue weighted by Crippen LogP contribution is -2.19. The van der Waals surface area contributed by atoms with Crippen molar-refractivity contribution in [1.29, 1.82) is 0 Å². The number of aliphatic imine (C=N–C) groups is 1. The van der Waals surface area contributed by atoms with Gasteiger partial charge in [0.25, 0.3) is 0 Å². The Labute approximate surface area is 88.0 Å². The summed E-state index contributed by atoms with van der Waals surface area (Å²) >= 11 is 0. The van der Waals surface area contributed by atoms with Crippen molar-refractivity contribution in [1.82, 2.24) is 0 Å². The highest BCUT2D eigenvalue weighted by Crippen LogP contribution is 2.26. The lowest BCUT2D eigenvalue weighted by Gasteiger charge is -2.20. The van der Waals surface area contributed by atoms with Crippen LogP contribution in [-0.4, -0.2) is 12.4 Å². The quantitative estimate of drug-likeness (QED) is 0.545. The van der Waals surface area contributed by atoms with E-state index in [1.54, 1.807) is 0 Å². The SMILES string of the molecule is CC(C)C(N)=NCCC1CCCCC1. The third-order valence-corrected chi connectivity index (χ3v) is 3.15. The van der Waals surface area contributed by atoms with E-state index in [2.05, 4.69) is 18.8 Å². The minimum atomic E-state index is 0.404. The molecule has 0 unspecified atom stereocenters. The number of rotatable bonds is 4. The van der Waals surface area contributed by atoms with Gasteiger partial charge in [0, 0.05) is 12.5 Å². The largest absolute Gasteiger partial charge is 0.387 e. The zero-order chi connectivity index (χ0) is 10.4. The smallest absolute Gasteiger partial charge is 0.0962 e. The predicted molar refractivity (Wildman–Crippen MR) is 62.5 cm³/mol. The zero-order valence-corrected chi connectivity index (χ0v) is 9.63. The van der Waals surface area contributed by atoms with E-state index in [-0.39, 0.29) is 0 Å². The summed E-state index contributed by atoms with van der Waals surface area (Å²) in [7, 11) is 0. The maximum Gasteiger partial charge on any atom is 0.0962 e. The molecule has 1 fully saturated rings. The normalized spacial score (nSPS) is 20.4. The summed E-state index contributed by atoms with van der Waals surface area (Å²) in [6, 6.07) is 0. The molecule has 0 aliphatic heterocycles. The highest BCUT2D eigenvalue weighted by molar-refractivity contribution is 5.82. The minimum Gasteiger partial charge on any atom is -0.387 e. The molecule has 1 rings (SSSR count). The second kappa shape index (κ2) is 6.05. The molecule has 14 heavy (non-hydrogen) atoms. The fourth-order valence-electron chi connectivity index (χ4n) is 2.03. The average molecular weight is 196 g/mol. The molecular weight excluding hydrogens is 172 g/mol. The Hall–Kier alpha value is -0.530. The van der Waals surface area contributed by atoms with Gasteiger partial charge in [0.2, 0.25) is 0 Å². The molecule has 2 nitrogen and oxygen atoms in total. The second-order valence-electron chi connectivity index (χ2n) is 4.75. The van der Waals surface area contributed by atoms with Crippen molar-refractivity contribution >= 4 is 5.84 Å². The molecule has 0 saturated heterocycles. The Bertz CT molecular complexity index is 179. The third kappa shape index (κ3) is 4.12. The predicted octanol–water partition coefficient (Wildman–Crippen LogP) is 2.97. The van der Waals surface area contributed by atoms with Crippen LogP contribution in [0.3, 0.4) is 0 Å². The van der Waals surface area contributed by atoms with E-state index in [0.717, 1.165) is 18.3 Å². The Morgan fingerprint density at radius 2 is 1.93 bits per heavy atom. The molecule has 2 N–H and O–H groups in total. The van der Waals surface area contributed by atoms with Crippen LogP contribution >= 0.6 is 0 Å². The first-order valence-electron chi connectivity index (χ1n) is 6.00. The van der Waals surface area contributed by atoms with E-state index in [1.165, 1.54) is 38.5 Å². The summed E-state index contributed by atoms with van der Waals surface area (Å²) in [5, 5.41) is 0. The number of hydrogen-bond acceptors (Lipinski definition) is 1. The first-order valence-corrected chi connectivity index (χ1v) is 6.00. The maximum atomic E-state index is 5.78. The summed E-state index contributed by atoms with van der Waals surface area (Å²) in [5.74, 6) is 2.15. The molecule has 0 bridgehead atoms. The zero-order valence-electron chi connectivity index (χ0n) is 9.63. The highest BCUT2D eigenvalue weighted by atomic mass is 14.9. The highest BCUT2D eigenvalue weighted by Gasteiger charge is 2.12. The van der Waals surface area contributed by atoms with Gasteiger partial charge in [0.05, 0.1) is 5.84 Å². The van der Waals surface area contributed by atoms with E-state index < -0.39 is 0 Å². The summed E-state index contributed by atoms with van der Waals surface area (Å²) in [4.78, 5) is 4.41.